The minimum absolute atomic E-state index is 0.0716. The maximum absolute atomic E-state index is 12.5. The molecule has 1 aromatic rings. The Labute approximate surface area is 112 Å². The molecule has 0 aromatic carbocycles. The summed E-state index contributed by atoms with van der Waals surface area (Å²) in [5.41, 5.74) is -0.371. The molecule has 1 heterocycles. The average Bonchev–Trinajstić information content (AvgIpc) is 2.09. The Morgan fingerprint density at radius 1 is 1.53 bits per heavy atom. The lowest BCUT2D eigenvalue weighted by Gasteiger charge is -2.07. The minimum atomic E-state index is -2.75. The van der Waals surface area contributed by atoms with Crippen molar-refractivity contribution in [3.8, 4) is 0 Å². The zero-order chi connectivity index (χ0) is 11.6. The maximum atomic E-state index is 12.5. The van der Waals surface area contributed by atoms with Gasteiger partial charge in [-0.15, -0.1) is 0 Å². The van der Waals surface area contributed by atoms with E-state index < -0.39 is 24.5 Å². The molecule has 1 rings (SSSR count). The highest BCUT2D eigenvalue weighted by Crippen LogP contribution is 2.25. The second-order valence-electron chi connectivity index (χ2n) is 2.68. The summed E-state index contributed by atoms with van der Waals surface area (Å²) in [5.74, 6) is -1.14. The van der Waals surface area contributed by atoms with Gasteiger partial charge >= 0.3 is 5.97 Å². The van der Waals surface area contributed by atoms with E-state index in [1.807, 2.05) is 45.2 Å². The number of carboxylic acids is 1. The quantitative estimate of drug-likeness (QED) is 0.583. The topological polar surface area (TPSA) is 50.2 Å². The standard InChI is InChI=1S/C8H5F2I2NO2/c9-7(10)6-3(2-5(14)15)1-4(11)8(12)13-6/h1,7H,2H2,(H,14,15). The smallest absolute Gasteiger partial charge is 0.307 e. The number of alkyl halides is 2. The van der Waals surface area contributed by atoms with Crippen molar-refractivity contribution in [1.82, 2.24) is 4.98 Å². The number of rotatable bonds is 3. The van der Waals surface area contributed by atoms with Crippen molar-refractivity contribution >= 4 is 51.2 Å². The van der Waals surface area contributed by atoms with Crippen LogP contribution in [0.25, 0.3) is 0 Å². The third kappa shape index (κ3) is 3.47. The van der Waals surface area contributed by atoms with Crippen molar-refractivity contribution < 1.29 is 18.7 Å². The Hall–Kier alpha value is -0.0600. The molecule has 82 valence electrons. The molecule has 0 aliphatic rings. The zero-order valence-corrected chi connectivity index (χ0v) is 11.5. The van der Waals surface area contributed by atoms with Gasteiger partial charge in [0.2, 0.25) is 0 Å². The van der Waals surface area contributed by atoms with Crippen LogP contribution in [0.2, 0.25) is 0 Å². The first-order chi connectivity index (χ1) is 6.91. The number of hydrogen-bond donors (Lipinski definition) is 1. The van der Waals surface area contributed by atoms with Crippen LogP contribution in [-0.4, -0.2) is 16.1 Å². The third-order valence-corrected chi connectivity index (χ3v) is 4.27. The van der Waals surface area contributed by atoms with Gasteiger partial charge in [-0.25, -0.2) is 13.8 Å². The Morgan fingerprint density at radius 3 is 2.60 bits per heavy atom. The van der Waals surface area contributed by atoms with Gasteiger partial charge in [-0.1, -0.05) is 0 Å². The van der Waals surface area contributed by atoms with E-state index in [0.29, 0.717) is 7.27 Å². The molecule has 0 atom stereocenters. The normalized spacial score (nSPS) is 10.7. The van der Waals surface area contributed by atoms with Crippen molar-refractivity contribution in [1.29, 1.82) is 0 Å². The number of carbonyl (C=O) groups is 1. The second-order valence-corrected chi connectivity index (χ2v) is 4.86. The first-order valence-electron chi connectivity index (χ1n) is 3.76. The van der Waals surface area contributed by atoms with E-state index in [4.69, 9.17) is 5.11 Å². The molecule has 1 aromatic heterocycles. The number of halogens is 4. The van der Waals surface area contributed by atoms with E-state index in [2.05, 4.69) is 4.98 Å². The van der Waals surface area contributed by atoms with Crippen LogP contribution in [0.3, 0.4) is 0 Å². The summed E-state index contributed by atoms with van der Waals surface area (Å²) in [6.45, 7) is 0. The summed E-state index contributed by atoms with van der Waals surface area (Å²) < 4.78 is 26.2. The van der Waals surface area contributed by atoms with E-state index >= 15 is 0 Å². The van der Waals surface area contributed by atoms with Gasteiger partial charge in [0.1, 0.15) is 9.39 Å². The summed E-state index contributed by atoms with van der Waals surface area (Å²) in [7, 11) is 0. The first-order valence-corrected chi connectivity index (χ1v) is 5.92. The number of aliphatic carboxylic acids is 1. The monoisotopic (exact) mass is 439 g/mol. The molecular weight excluding hydrogens is 434 g/mol. The molecule has 0 saturated carbocycles. The number of hydrogen-bond acceptors (Lipinski definition) is 2. The molecule has 0 amide bonds. The molecule has 0 bridgehead atoms. The zero-order valence-electron chi connectivity index (χ0n) is 7.18. The molecule has 0 spiro atoms. The van der Waals surface area contributed by atoms with E-state index in [1.54, 1.807) is 0 Å². The van der Waals surface area contributed by atoms with Crippen molar-refractivity contribution in [3.63, 3.8) is 0 Å². The molecule has 0 saturated heterocycles. The molecule has 3 nitrogen and oxygen atoms in total. The summed E-state index contributed by atoms with van der Waals surface area (Å²) in [4.78, 5) is 14.2. The van der Waals surface area contributed by atoms with Gasteiger partial charge in [0, 0.05) is 3.57 Å². The molecule has 0 fully saturated rings. The molecule has 15 heavy (non-hydrogen) atoms. The highest BCUT2D eigenvalue weighted by molar-refractivity contribution is 14.1. The lowest BCUT2D eigenvalue weighted by molar-refractivity contribution is -0.136. The largest absolute Gasteiger partial charge is 0.481 e. The Bertz CT molecular complexity index is 398. The van der Waals surface area contributed by atoms with Crippen molar-refractivity contribution in [2.45, 2.75) is 12.8 Å². The number of carboxylic acid groups (broad SMARTS) is 1. The molecule has 0 radical (unpaired) electrons. The summed E-state index contributed by atoms with van der Waals surface area (Å²) in [6.07, 6.45) is -3.18. The SMILES string of the molecule is O=C(O)Cc1cc(I)c(I)nc1C(F)F. The molecule has 0 aliphatic carbocycles. The van der Waals surface area contributed by atoms with E-state index in [9.17, 15) is 13.6 Å². The number of nitrogens with zero attached hydrogens (tertiary/aromatic N) is 1. The van der Waals surface area contributed by atoms with Crippen LogP contribution in [0.5, 0.6) is 0 Å². The van der Waals surface area contributed by atoms with Crippen LogP contribution in [0, 0.1) is 7.27 Å². The molecule has 0 aliphatic heterocycles. The number of pyridine rings is 1. The van der Waals surface area contributed by atoms with Gasteiger partial charge in [-0.2, -0.15) is 0 Å². The van der Waals surface area contributed by atoms with Crippen LogP contribution in [0.15, 0.2) is 6.07 Å². The molecule has 1 N–H and O–H groups in total. The predicted octanol–water partition coefficient (Wildman–Crippen LogP) is 2.86. The lowest BCUT2D eigenvalue weighted by atomic mass is 10.1. The van der Waals surface area contributed by atoms with Crippen LogP contribution in [-0.2, 0) is 11.2 Å². The van der Waals surface area contributed by atoms with Crippen LogP contribution in [0.1, 0.15) is 17.7 Å². The highest BCUT2D eigenvalue weighted by Gasteiger charge is 2.18. The van der Waals surface area contributed by atoms with Crippen molar-refractivity contribution in [2.24, 2.45) is 0 Å². The van der Waals surface area contributed by atoms with Crippen molar-refractivity contribution in [3.05, 3.63) is 24.6 Å². The fraction of sp³-hybridized carbons (Fsp3) is 0.250. The second kappa shape index (κ2) is 5.32. The van der Waals surface area contributed by atoms with Gasteiger partial charge in [0.25, 0.3) is 6.43 Å². The Morgan fingerprint density at radius 2 is 2.13 bits per heavy atom. The van der Waals surface area contributed by atoms with E-state index in [0.717, 1.165) is 0 Å². The molecular formula is C8H5F2I2NO2. The van der Waals surface area contributed by atoms with Gasteiger partial charge in [0.15, 0.2) is 0 Å². The maximum Gasteiger partial charge on any atom is 0.307 e. The average molecular weight is 439 g/mol. The Kier molecular flexibility index (Phi) is 4.62. The highest BCUT2D eigenvalue weighted by atomic mass is 127. The van der Waals surface area contributed by atoms with Gasteiger partial charge in [0.05, 0.1) is 6.42 Å². The van der Waals surface area contributed by atoms with Crippen molar-refractivity contribution in [2.75, 3.05) is 0 Å². The summed E-state index contributed by atoms with van der Waals surface area (Å²) >= 11 is 3.76. The van der Waals surface area contributed by atoms with E-state index in [-0.39, 0.29) is 5.56 Å². The summed E-state index contributed by atoms with van der Waals surface area (Å²) in [6, 6.07) is 1.44. The predicted molar refractivity (Wildman–Crippen MR) is 66.0 cm³/mol. The van der Waals surface area contributed by atoms with Gasteiger partial charge in [-0.05, 0) is 56.8 Å². The lowest BCUT2D eigenvalue weighted by Crippen LogP contribution is -2.08. The summed E-state index contributed by atoms with van der Waals surface area (Å²) in [5, 5.41) is 8.56. The van der Waals surface area contributed by atoms with Crippen LogP contribution < -0.4 is 0 Å². The van der Waals surface area contributed by atoms with Gasteiger partial charge in [-0.3, -0.25) is 4.79 Å². The Balaban J connectivity index is 3.21. The molecule has 0 unspecified atom stereocenters. The molecule has 7 heteroatoms. The number of aromatic nitrogens is 1. The third-order valence-electron chi connectivity index (χ3n) is 1.59. The van der Waals surface area contributed by atoms with Gasteiger partial charge < -0.3 is 5.11 Å². The fourth-order valence-corrected chi connectivity index (χ4v) is 1.92. The van der Waals surface area contributed by atoms with Crippen LogP contribution >= 0.6 is 45.2 Å². The first kappa shape index (κ1) is 13.0. The fourth-order valence-electron chi connectivity index (χ4n) is 1.01. The van der Waals surface area contributed by atoms with Crippen LogP contribution in [0.4, 0.5) is 8.78 Å². The minimum Gasteiger partial charge on any atom is -0.481 e. The van der Waals surface area contributed by atoms with E-state index in [1.165, 1.54) is 6.07 Å².